The minimum Gasteiger partial charge on any atom is -0.466 e. The van der Waals surface area contributed by atoms with E-state index < -0.39 is 0 Å². The van der Waals surface area contributed by atoms with E-state index in [1.807, 2.05) is 19.2 Å². The second-order valence-electron chi connectivity index (χ2n) is 4.48. The fraction of sp³-hybridized carbons (Fsp3) is 0.615. The van der Waals surface area contributed by atoms with Crippen LogP contribution in [-0.2, 0) is 4.74 Å². The lowest BCUT2D eigenvalue weighted by atomic mass is 10.1. The van der Waals surface area contributed by atoms with Gasteiger partial charge in [-0.3, -0.25) is 4.98 Å². The fourth-order valence-corrected chi connectivity index (χ4v) is 2.10. The van der Waals surface area contributed by atoms with Gasteiger partial charge in [-0.15, -0.1) is 0 Å². The van der Waals surface area contributed by atoms with E-state index in [1.165, 1.54) is 0 Å². The summed E-state index contributed by atoms with van der Waals surface area (Å²) < 4.78 is 10.6. The van der Waals surface area contributed by atoms with Crippen molar-refractivity contribution in [2.24, 2.45) is 5.73 Å². The Kier molecular flexibility index (Phi) is 4.78. The molecule has 1 aromatic rings. The Labute approximate surface area is 108 Å². The zero-order valence-electron chi connectivity index (χ0n) is 10.8. The molecule has 0 saturated carbocycles. The molecule has 0 radical (unpaired) electrons. The molecule has 2 N–H and O–H groups in total. The molecular weight excluding hydrogens is 230 g/mol. The highest BCUT2D eigenvalue weighted by molar-refractivity contribution is 5.48. The fourth-order valence-electron chi connectivity index (χ4n) is 2.10. The van der Waals surface area contributed by atoms with Crippen LogP contribution in [0.3, 0.4) is 0 Å². The molecule has 1 unspecified atom stereocenters. The molecule has 2 heterocycles. The van der Waals surface area contributed by atoms with E-state index in [4.69, 9.17) is 15.2 Å². The van der Waals surface area contributed by atoms with Crippen molar-refractivity contribution in [3.8, 4) is 5.75 Å². The van der Waals surface area contributed by atoms with Crippen molar-refractivity contribution in [1.82, 2.24) is 4.98 Å². The van der Waals surface area contributed by atoms with Crippen LogP contribution in [0.1, 0.15) is 19.8 Å². The summed E-state index contributed by atoms with van der Waals surface area (Å²) in [5, 5.41) is 0. The predicted octanol–water partition coefficient (Wildman–Crippen LogP) is 1.38. The van der Waals surface area contributed by atoms with Crippen molar-refractivity contribution >= 4 is 5.69 Å². The molecule has 1 aliphatic rings. The maximum Gasteiger partial charge on any atom is 0.189 e. The number of nitrogens with two attached hydrogens (primary N) is 1. The van der Waals surface area contributed by atoms with Gasteiger partial charge in [0.05, 0.1) is 18.1 Å². The van der Waals surface area contributed by atoms with Gasteiger partial charge in [0.1, 0.15) is 5.75 Å². The van der Waals surface area contributed by atoms with Gasteiger partial charge in [0.25, 0.3) is 0 Å². The minimum absolute atomic E-state index is 0.256. The maximum atomic E-state index is 5.99. The van der Waals surface area contributed by atoms with Gasteiger partial charge < -0.3 is 20.1 Å². The molecule has 0 spiro atoms. The van der Waals surface area contributed by atoms with Crippen LogP contribution in [0.2, 0.25) is 0 Å². The first kappa shape index (κ1) is 13.1. The summed E-state index contributed by atoms with van der Waals surface area (Å²) in [6.45, 7) is 4.77. The van der Waals surface area contributed by atoms with Crippen molar-refractivity contribution in [3.63, 3.8) is 0 Å². The Bertz CT molecular complexity index is 373. The number of aromatic nitrogens is 1. The molecule has 0 aromatic carbocycles. The molecule has 0 amide bonds. The Balaban J connectivity index is 1.97. The molecule has 0 aliphatic carbocycles. The Hall–Kier alpha value is -1.33. The van der Waals surface area contributed by atoms with Crippen molar-refractivity contribution in [2.45, 2.75) is 25.8 Å². The molecule has 18 heavy (non-hydrogen) atoms. The van der Waals surface area contributed by atoms with E-state index in [-0.39, 0.29) is 12.8 Å². The molecule has 2 rings (SSSR count). The monoisotopic (exact) mass is 251 g/mol. The average Bonchev–Trinajstić information content (AvgIpc) is 2.39. The lowest BCUT2D eigenvalue weighted by Crippen LogP contribution is -2.42. The molecule has 1 aliphatic heterocycles. The first-order valence-corrected chi connectivity index (χ1v) is 6.45. The van der Waals surface area contributed by atoms with Crippen molar-refractivity contribution in [1.29, 1.82) is 0 Å². The predicted molar refractivity (Wildman–Crippen MR) is 70.8 cm³/mol. The van der Waals surface area contributed by atoms with E-state index in [0.29, 0.717) is 6.61 Å². The third kappa shape index (κ3) is 3.58. The second kappa shape index (κ2) is 6.56. The number of rotatable bonds is 5. The molecule has 1 fully saturated rings. The van der Waals surface area contributed by atoms with E-state index in [9.17, 15) is 0 Å². The van der Waals surface area contributed by atoms with Crippen LogP contribution in [0.4, 0.5) is 5.69 Å². The Morgan fingerprint density at radius 2 is 2.39 bits per heavy atom. The van der Waals surface area contributed by atoms with Gasteiger partial charge in [-0.05, 0) is 19.8 Å². The molecule has 1 saturated heterocycles. The molecule has 5 nitrogen and oxygen atoms in total. The summed E-state index contributed by atoms with van der Waals surface area (Å²) >= 11 is 0. The maximum absolute atomic E-state index is 5.99. The Morgan fingerprint density at radius 1 is 1.50 bits per heavy atom. The van der Waals surface area contributed by atoms with E-state index in [0.717, 1.165) is 37.4 Å². The van der Waals surface area contributed by atoms with E-state index in [2.05, 4.69) is 9.88 Å². The third-order valence-corrected chi connectivity index (χ3v) is 3.03. The first-order valence-electron chi connectivity index (χ1n) is 6.45. The average molecular weight is 251 g/mol. The molecule has 0 bridgehead atoms. The molecule has 1 aromatic heterocycles. The number of piperidine rings is 1. The third-order valence-electron chi connectivity index (χ3n) is 3.03. The Morgan fingerprint density at radius 3 is 3.17 bits per heavy atom. The normalized spacial score (nSPS) is 19.9. The number of nitrogens with zero attached hydrogens (tertiary/aromatic N) is 2. The highest BCUT2D eigenvalue weighted by atomic mass is 16.7. The molecular formula is C13H21N3O2. The number of anilines is 1. The number of ether oxygens (including phenoxy) is 2. The summed E-state index contributed by atoms with van der Waals surface area (Å²) in [4.78, 5) is 6.46. The standard InChI is InChI=1S/C13H21N3O2/c1-2-17-10-18-13-6-12(7-15-8-13)16-5-3-4-11(14)9-16/h6-8,11H,2-5,9-10,14H2,1H3. The van der Waals surface area contributed by atoms with Crippen LogP contribution in [0, 0.1) is 0 Å². The van der Waals surface area contributed by atoms with Crippen LogP contribution < -0.4 is 15.4 Å². The lowest BCUT2D eigenvalue weighted by Gasteiger charge is -2.32. The number of hydrogen-bond donors (Lipinski definition) is 1. The van der Waals surface area contributed by atoms with Crippen LogP contribution in [0.15, 0.2) is 18.5 Å². The largest absolute Gasteiger partial charge is 0.466 e. The van der Waals surface area contributed by atoms with E-state index >= 15 is 0 Å². The zero-order chi connectivity index (χ0) is 12.8. The molecule has 100 valence electrons. The van der Waals surface area contributed by atoms with Gasteiger partial charge >= 0.3 is 0 Å². The summed E-state index contributed by atoms with van der Waals surface area (Å²) in [7, 11) is 0. The zero-order valence-corrected chi connectivity index (χ0v) is 10.8. The van der Waals surface area contributed by atoms with Gasteiger partial charge in [-0.25, -0.2) is 0 Å². The van der Waals surface area contributed by atoms with Crippen LogP contribution >= 0.6 is 0 Å². The van der Waals surface area contributed by atoms with Gasteiger partial charge in [0.2, 0.25) is 0 Å². The van der Waals surface area contributed by atoms with Crippen LogP contribution in [-0.4, -0.2) is 37.5 Å². The lowest BCUT2D eigenvalue weighted by molar-refractivity contribution is 0.0222. The van der Waals surface area contributed by atoms with Crippen molar-refractivity contribution < 1.29 is 9.47 Å². The summed E-state index contributed by atoms with van der Waals surface area (Å²) in [6, 6.07) is 2.25. The summed E-state index contributed by atoms with van der Waals surface area (Å²) in [5.41, 5.74) is 7.05. The quantitative estimate of drug-likeness (QED) is 0.633. The second-order valence-corrected chi connectivity index (χ2v) is 4.48. The summed E-state index contributed by atoms with van der Waals surface area (Å²) in [6.07, 6.45) is 5.79. The van der Waals surface area contributed by atoms with Gasteiger partial charge in [0.15, 0.2) is 6.79 Å². The van der Waals surface area contributed by atoms with E-state index in [1.54, 1.807) is 6.20 Å². The highest BCUT2D eigenvalue weighted by Gasteiger charge is 2.17. The minimum atomic E-state index is 0.256. The van der Waals surface area contributed by atoms with Crippen molar-refractivity contribution in [3.05, 3.63) is 18.5 Å². The summed E-state index contributed by atoms with van der Waals surface area (Å²) in [5.74, 6) is 0.736. The van der Waals surface area contributed by atoms with Crippen molar-refractivity contribution in [2.75, 3.05) is 31.4 Å². The topological polar surface area (TPSA) is 60.6 Å². The van der Waals surface area contributed by atoms with Crippen LogP contribution in [0.5, 0.6) is 5.75 Å². The van der Waals surface area contributed by atoms with Gasteiger partial charge in [0, 0.05) is 31.8 Å². The first-order chi connectivity index (χ1) is 8.79. The highest BCUT2D eigenvalue weighted by Crippen LogP contribution is 2.22. The van der Waals surface area contributed by atoms with Crippen LogP contribution in [0.25, 0.3) is 0 Å². The molecule has 5 heteroatoms. The number of pyridine rings is 1. The van der Waals surface area contributed by atoms with Gasteiger partial charge in [-0.2, -0.15) is 0 Å². The SMILES string of the molecule is CCOCOc1cncc(N2CCCC(N)C2)c1. The smallest absolute Gasteiger partial charge is 0.189 e. The molecule has 1 atom stereocenters. The number of hydrogen-bond acceptors (Lipinski definition) is 5. The van der Waals surface area contributed by atoms with Gasteiger partial charge in [-0.1, -0.05) is 0 Å².